The van der Waals surface area contributed by atoms with Crippen LogP contribution in [0.5, 0.6) is 0 Å². The molecule has 0 saturated carbocycles. The average molecular weight is 484 g/mol. The molecule has 1 N–H and O–H groups in total. The lowest BCUT2D eigenvalue weighted by atomic mass is 10.1. The van der Waals surface area contributed by atoms with Gasteiger partial charge in [0.2, 0.25) is 11.9 Å². The van der Waals surface area contributed by atoms with E-state index in [1.165, 1.54) is 0 Å². The number of benzene rings is 1. The molecule has 1 fully saturated rings. The summed E-state index contributed by atoms with van der Waals surface area (Å²) < 4.78 is 1.70. The van der Waals surface area contributed by atoms with E-state index in [-0.39, 0.29) is 18.0 Å². The molecule has 0 spiro atoms. The maximum absolute atomic E-state index is 11.8. The molecule has 10 nitrogen and oxygen atoms in total. The van der Waals surface area contributed by atoms with Crippen molar-refractivity contribution in [2.45, 2.75) is 39.8 Å². The molecule has 10 heteroatoms. The second kappa shape index (κ2) is 9.41. The van der Waals surface area contributed by atoms with Gasteiger partial charge in [-0.05, 0) is 38.5 Å². The van der Waals surface area contributed by atoms with E-state index in [0.29, 0.717) is 54.7 Å². The van der Waals surface area contributed by atoms with Crippen LogP contribution in [0.25, 0.3) is 21.9 Å². The molecule has 1 saturated heterocycles. The summed E-state index contributed by atoms with van der Waals surface area (Å²) in [5.41, 5.74) is 3.46. The maximum atomic E-state index is 11.8. The number of nitrogens with one attached hydrogen (secondary N) is 1. The minimum atomic E-state index is -0.114. The summed E-state index contributed by atoms with van der Waals surface area (Å²) in [4.78, 5) is 29.9. The summed E-state index contributed by atoms with van der Waals surface area (Å²) >= 11 is 0. The zero-order valence-corrected chi connectivity index (χ0v) is 20.9. The fourth-order valence-electron chi connectivity index (χ4n) is 4.52. The Balaban J connectivity index is 1.55. The minimum absolute atomic E-state index is 0.00799. The van der Waals surface area contributed by atoms with Crippen LogP contribution in [-0.2, 0) is 4.79 Å². The van der Waals surface area contributed by atoms with Gasteiger partial charge in [0.1, 0.15) is 11.6 Å². The number of carbonyl (C=O) groups excluding carboxylic acids is 1. The topological polar surface area (TPSA) is 116 Å². The fourth-order valence-corrected chi connectivity index (χ4v) is 4.52. The molecule has 184 valence electrons. The molecule has 4 aromatic rings. The van der Waals surface area contributed by atoms with Crippen LogP contribution in [0.15, 0.2) is 36.5 Å². The quantitative estimate of drug-likeness (QED) is 0.457. The van der Waals surface area contributed by atoms with Crippen LogP contribution in [0, 0.1) is 11.3 Å². The Morgan fingerprint density at radius 3 is 2.53 bits per heavy atom. The third kappa shape index (κ3) is 4.28. The number of hydrogen-bond acceptors (Lipinski definition) is 8. The van der Waals surface area contributed by atoms with Crippen molar-refractivity contribution in [3.05, 3.63) is 47.8 Å². The van der Waals surface area contributed by atoms with Crippen LogP contribution in [0.3, 0.4) is 0 Å². The van der Waals surface area contributed by atoms with Crippen molar-refractivity contribution in [3.8, 4) is 6.07 Å². The van der Waals surface area contributed by atoms with Gasteiger partial charge in [-0.25, -0.2) is 9.67 Å². The standard InChI is InChI=1S/C26H29N9O/c1-16(2)35-22(14-27)23-24(32-35)25(31-26(30-23)34-11-9-33(10-12-34)18(4)36)29-17(3)20-13-19-7-5-6-8-21(19)28-15-20/h5-8,13,15-17H,9-12H2,1-4H3,(H,29,30,31)/t17-/m1/s1. The molecule has 0 aliphatic carbocycles. The highest BCUT2D eigenvalue weighted by Gasteiger charge is 2.25. The number of nitrogens with zero attached hydrogens (tertiary/aromatic N) is 8. The van der Waals surface area contributed by atoms with E-state index >= 15 is 0 Å². The van der Waals surface area contributed by atoms with Gasteiger partial charge < -0.3 is 15.1 Å². The first kappa shape index (κ1) is 23.5. The number of carbonyl (C=O) groups is 1. The molecule has 36 heavy (non-hydrogen) atoms. The summed E-state index contributed by atoms with van der Waals surface area (Å²) in [5, 5.41) is 19.2. The largest absolute Gasteiger partial charge is 0.361 e. The van der Waals surface area contributed by atoms with Crippen LogP contribution < -0.4 is 10.2 Å². The lowest BCUT2D eigenvalue weighted by Crippen LogP contribution is -2.48. The van der Waals surface area contributed by atoms with E-state index in [0.717, 1.165) is 16.5 Å². The number of anilines is 2. The molecular formula is C26H29N9O. The average Bonchev–Trinajstić information content (AvgIpc) is 3.27. The van der Waals surface area contributed by atoms with Crippen molar-refractivity contribution in [1.29, 1.82) is 5.26 Å². The Kier molecular flexibility index (Phi) is 6.14. The summed E-state index contributed by atoms with van der Waals surface area (Å²) in [5.74, 6) is 1.16. The molecule has 0 bridgehead atoms. The van der Waals surface area contributed by atoms with E-state index in [1.807, 2.05) is 49.2 Å². The van der Waals surface area contributed by atoms with Crippen LogP contribution in [0.1, 0.15) is 51.0 Å². The number of nitriles is 1. The van der Waals surface area contributed by atoms with Gasteiger partial charge in [-0.2, -0.15) is 15.3 Å². The number of aromatic nitrogens is 5. The maximum Gasteiger partial charge on any atom is 0.228 e. The van der Waals surface area contributed by atoms with Crippen molar-refractivity contribution >= 4 is 39.6 Å². The van der Waals surface area contributed by atoms with E-state index in [4.69, 9.17) is 15.1 Å². The van der Waals surface area contributed by atoms with E-state index in [1.54, 1.807) is 11.6 Å². The molecule has 0 unspecified atom stereocenters. The first-order chi connectivity index (χ1) is 17.4. The molecule has 1 amide bonds. The predicted octanol–water partition coefficient (Wildman–Crippen LogP) is 3.67. The third-order valence-corrected chi connectivity index (χ3v) is 6.60. The fraction of sp³-hybridized carbons (Fsp3) is 0.385. The molecule has 1 atom stereocenters. The SMILES string of the molecule is CC(=O)N1CCN(c2nc(N[C@H](C)c3cnc4ccccc4c3)c3nn(C(C)C)c(C#N)c3n2)CC1. The van der Waals surface area contributed by atoms with Gasteiger partial charge in [0.25, 0.3) is 0 Å². The first-order valence-electron chi connectivity index (χ1n) is 12.2. The first-order valence-corrected chi connectivity index (χ1v) is 12.2. The minimum Gasteiger partial charge on any atom is -0.361 e. The van der Waals surface area contributed by atoms with Crippen LogP contribution >= 0.6 is 0 Å². The molecular weight excluding hydrogens is 454 g/mol. The summed E-state index contributed by atoms with van der Waals surface area (Å²) in [6.45, 7) is 10.1. The lowest BCUT2D eigenvalue weighted by Gasteiger charge is -2.34. The third-order valence-electron chi connectivity index (χ3n) is 6.60. The molecule has 5 rings (SSSR count). The predicted molar refractivity (Wildman–Crippen MR) is 139 cm³/mol. The summed E-state index contributed by atoms with van der Waals surface area (Å²) in [6.07, 6.45) is 1.87. The number of pyridine rings is 1. The highest BCUT2D eigenvalue weighted by Crippen LogP contribution is 2.30. The van der Waals surface area contributed by atoms with Crippen molar-refractivity contribution in [3.63, 3.8) is 0 Å². The Morgan fingerprint density at radius 1 is 1.08 bits per heavy atom. The van der Waals surface area contributed by atoms with Crippen molar-refractivity contribution in [2.75, 3.05) is 36.4 Å². The number of piperazine rings is 1. The molecule has 1 aliphatic rings. The number of fused-ring (bicyclic) bond motifs is 2. The normalized spacial score (nSPS) is 14.9. The van der Waals surface area contributed by atoms with Gasteiger partial charge in [0.05, 0.1) is 11.6 Å². The number of hydrogen-bond donors (Lipinski definition) is 1. The van der Waals surface area contributed by atoms with Gasteiger partial charge in [0.15, 0.2) is 17.0 Å². The van der Waals surface area contributed by atoms with E-state index < -0.39 is 0 Å². The number of amides is 1. The second-order valence-electron chi connectivity index (χ2n) is 9.39. The number of para-hydroxylation sites is 1. The molecule has 1 aromatic carbocycles. The molecule has 4 heterocycles. The van der Waals surface area contributed by atoms with Crippen molar-refractivity contribution in [1.82, 2.24) is 29.6 Å². The van der Waals surface area contributed by atoms with Gasteiger partial charge in [-0.1, -0.05) is 18.2 Å². The van der Waals surface area contributed by atoms with Gasteiger partial charge in [-0.15, -0.1) is 0 Å². The summed E-state index contributed by atoms with van der Waals surface area (Å²) in [7, 11) is 0. The Bertz CT molecular complexity index is 1480. The van der Waals surface area contributed by atoms with Gasteiger partial charge >= 0.3 is 0 Å². The highest BCUT2D eigenvalue weighted by molar-refractivity contribution is 5.90. The van der Waals surface area contributed by atoms with Crippen molar-refractivity contribution < 1.29 is 4.79 Å². The highest BCUT2D eigenvalue weighted by atomic mass is 16.2. The molecule has 3 aromatic heterocycles. The van der Waals surface area contributed by atoms with Crippen LogP contribution in [0.4, 0.5) is 11.8 Å². The second-order valence-corrected chi connectivity index (χ2v) is 9.39. The van der Waals surface area contributed by atoms with E-state index in [9.17, 15) is 10.1 Å². The van der Waals surface area contributed by atoms with Gasteiger partial charge in [-0.3, -0.25) is 9.78 Å². The molecule has 1 aliphatic heterocycles. The van der Waals surface area contributed by atoms with Crippen LogP contribution in [-0.4, -0.2) is 61.7 Å². The smallest absolute Gasteiger partial charge is 0.228 e. The Hall–Kier alpha value is -4.26. The molecule has 0 radical (unpaired) electrons. The monoisotopic (exact) mass is 483 g/mol. The van der Waals surface area contributed by atoms with Crippen LogP contribution in [0.2, 0.25) is 0 Å². The Morgan fingerprint density at radius 2 is 1.83 bits per heavy atom. The van der Waals surface area contributed by atoms with Crippen molar-refractivity contribution in [2.24, 2.45) is 0 Å². The zero-order valence-electron chi connectivity index (χ0n) is 20.9. The van der Waals surface area contributed by atoms with Gasteiger partial charge in [0, 0.05) is 50.7 Å². The zero-order chi connectivity index (χ0) is 25.4. The Labute approximate surface area is 209 Å². The number of rotatable bonds is 5. The lowest BCUT2D eigenvalue weighted by molar-refractivity contribution is -0.129. The summed E-state index contributed by atoms with van der Waals surface area (Å²) in [6, 6.07) is 12.3. The van der Waals surface area contributed by atoms with E-state index in [2.05, 4.69) is 34.3 Å².